The number of carbonyl (C=O) groups excluding carboxylic acids is 1. The molecule has 4 bridgehead atoms. The average molecular weight is 704 g/mol. The van der Waals surface area contributed by atoms with Crippen LogP contribution in [0.25, 0.3) is 39.0 Å². The fraction of sp³-hybridized carbons (Fsp3) is 0.368. The molecule has 9 rings (SSSR count). The van der Waals surface area contributed by atoms with Crippen LogP contribution in [-0.2, 0) is 16.1 Å². The van der Waals surface area contributed by atoms with Crippen molar-refractivity contribution in [2.24, 2.45) is 0 Å². The largest absolute Gasteiger partial charge is 0.488 e. The number of aromatic nitrogens is 7. The number of fused-ring (bicyclic) bond motifs is 6. The van der Waals surface area contributed by atoms with E-state index in [0.29, 0.717) is 66.8 Å². The van der Waals surface area contributed by atoms with Crippen LogP contribution < -0.4 is 14.4 Å². The number of likely N-dealkylation sites (N-methyl/N-ethyl adjacent to an activating group) is 1. The van der Waals surface area contributed by atoms with Crippen LogP contribution in [0, 0.1) is 12.7 Å². The number of carbonyl (C=O) groups is 1. The summed E-state index contributed by atoms with van der Waals surface area (Å²) in [7, 11) is 1.82. The lowest BCUT2D eigenvalue weighted by molar-refractivity contribution is -0.133. The number of ether oxygens (including phenoxy) is 3. The van der Waals surface area contributed by atoms with Crippen LogP contribution in [0.4, 0.5) is 10.2 Å². The van der Waals surface area contributed by atoms with Gasteiger partial charge in [-0.05, 0) is 51.0 Å². The smallest absolute Gasteiger partial charge is 0.245 e. The molecule has 3 atom stereocenters. The Morgan fingerprint density at radius 1 is 1.00 bits per heavy atom. The van der Waals surface area contributed by atoms with Crippen molar-refractivity contribution < 1.29 is 23.4 Å². The minimum absolute atomic E-state index is 0.0594. The molecule has 13 nitrogen and oxygen atoms in total. The molecule has 2 aromatic carbocycles. The van der Waals surface area contributed by atoms with Crippen molar-refractivity contribution in [2.45, 2.75) is 64.0 Å². The molecule has 1 saturated carbocycles. The first kappa shape index (κ1) is 32.3. The molecule has 4 aromatic heterocycles. The van der Waals surface area contributed by atoms with Crippen molar-refractivity contribution in [3.8, 4) is 28.6 Å². The first-order valence-electron chi connectivity index (χ1n) is 17.7. The predicted molar refractivity (Wildman–Crippen MR) is 191 cm³/mol. The summed E-state index contributed by atoms with van der Waals surface area (Å²) in [6.45, 7) is 5.67. The van der Waals surface area contributed by atoms with Crippen molar-refractivity contribution >= 4 is 33.8 Å². The first-order chi connectivity index (χ1) is 25.3. The van der Waals surface area contributed by atoms with E-state index in [-0.39, 0.29) is 24.2 Å². The molecular formula is C38H38FN9O4. The van der Waals surface area contributed by atoms with Crippen molar-refractivity contribution in [2.75, 3.05) is 31.6 Å². The summed E-state index contributed by atoms with van der Waals surface area (Å²) in [5.74, 6) is 1.79. The number of aryl methyl sites for hydroxylation is 1. The van der Waals surface area contributed by atoms with E-state index in [1.807, 2.05) is 56.1 Å². The summed E-state index contributed by atoms with van der Waals surface area (Å²) in [6.07, 6.45) is 4.79. The molecule has 14 heteroatoms. The molecule has 1 saturated heterocycles. The summed E-state index contributed by atoms with van der Waals surface area (Å²) in [5.41, 5.74) is 4.62. The lowest BCUT2D eigenvalue weighted by Crippen LogP contribution is -2.47. The number of halogens is 1. The molecule has 2 fully saturated rings. The third kappa shape index (κ3) is 5.76. The third-order valence-corrected chi connectivity index (χ3v) is 10.0. The van der Waals surface area contributed by atoms with Crippen LogP contribution >= 0.6 is 0 Å². The summed E-state index contributed by atoms with van der Waals surface area (Å²) in [6, 6.07) is 15.6. The van der Waals surface area contributed by atoms with E-state index in [2.05, 4.69) is 20.7 Å². The lowest BCUT2D eigenvalue weighted by Gasteiger charge is -2.31. The maximum Gasteiger partial charge on any atom is 0.245 e. The number of hydrogen-bond donors (Lipinski definition) is 0. The van der Waals surface area contributed by atoms with Crippen LogP contribution in [0.15, 0.2) is 67.1 Å². The molecule has 3 aliphatic rings. The van der Waals surface area contributed by atoms with Crippen LogP contribution in [-0.4, -0.2) is 96.2 Å². The highest BCUT2D eigenvalue weighted by molar-refractivity contribution is 5.93. The van der Waals surface area contributed by atoms with Gasteiger partial charge < -0.3 is 28.6 Å². The van der Waals surface area contributed by atoms with Crippen molar-refractivity contribution in [3.63, 3.8) is 0 Å². The number of pyridine rings is 1. The Morgan fingerprint density at radius 2 is 1.87 bits per heavy atom. The van der Waals surface area contributed by atoms with Gasteiger partial charge in [0, 0.05) is 44.3 Å². The number of nitrogens with zero attached hydrogens (tertiary/aromatic N) is 9. The van der Waals surface area contributed by atoms with Gasteiger partial charge in [0.15, 0.2) is 5.65 Å². The van der Waals surface area contributed by atoms with Crippen molar-refractivity contribution in [1.29, 1.82) is 0 Å². The molecule has 2 aliphatic heterocycles. The molecule has 6 aromatic rings. The molecule has 266 valence electrons. The van der Waals surface area contributed by atoms with E-state index < -0.39 is 11.9 Å². The zero-order chi connectivity index (χ0) is 35.5. The number of imidazole rings is 1. The van der Waals surface area contributed by atoms with Gasteiger partial charge in [-0.15, -0.1) is 0 Å². The van der Waals surface area contributed by atoms with E-state index >= 15 is 0 Å². The number of hydrogen-bond acceptors (Lipinski definition) is 10. The monoisotopic (exact) mass is 703 g/mol. The Balaban J connectivity index is 1.12. The van der Waals surface area contributed by atoms with Crippen LogP contribution in [0.5, 0.6) is 11.6 Å². The average Bonchev–Trinajstić information content (AvgIpc) is 3.54. The summed E-state index contributed by atoms with van der Waals surface area (Å²) in [4.78, 5) is 37.4. The number of anilines is 1. The molecular weight excluding hydrogens is 665 g/mol. The Labute approximate surface area is 299 Å². The minimum Gasteiger partial charge on any atom is -0.488 e. The van der Waals surface area contributed by atoms with Gasteiger partial charge in [0.2, 0.25) is 11.8 Å². The van der Waals surface area contributed by atoms with Gasteiger partial charge in [0.1, 0.15) is 47.4 Å². The number of rotatable bonds is 6. The second kappa shape index (κ2) is 12.9. The summed E-state index contributed by atoms with van der Waals surface area (Å²) in [5, 5.41) is 5.31. The molecule has 1 aliphatic carbocycles. The zero-order valence-electron chi connectivity index (χ0n) is 29.1. The maximum atomic E-state index is 14.5. The van der Waals surface area contributed by atoms with Crippen LogP contribution in [0.3, 0.4) is 0 Å². The number of amides is 1. The van der Waals surface area contributed by atoms with Gasteiger partial charge in [0.05, 0.1) is 53.6 Å². The van der Waals surface area contributed by atoms with Gasteiger partial charge in [-0.1, -0.05) is 18.2 Å². The molecule has 1 amide bonds. The van der Waals surface area contributed by atoms with Crippen molar-refractivity contribution in [1.82, 2.24) is 39.2 Å². The normalized spacial score (nSPS) is 20.6. The quantitative estimate of drug-likeness (QED) is 0.231. The van der Waals surface area contributed by atoms with Crippen LogP contribution in [0.2, 0.25) is 0 Å². The van der Waals surface area contributed by atoms with E-state index in [9.17, 15) is 9.18 Å². The highest BCUT2D eigenvalue weighted by Crippen LogP contribution is 2.37. The number of para-hydroxylation sites is 1. The Morgan fingerprint density at radius 3 is 2.71 bits per heavy atom. The maximum absolute atomic E-state index is 14.5. The first-order valence-corrected chi connectivity index (χ1v) is 17.7. The van der Waals surface area contributed by atoms with E-state index in [1.54, 1.807) is 21.8 Å². The summed E-state index contributed by atoms with van der Waals surface area (Å²) >= 11 is 0. The molecule has 0 unspecified atom stereocenters. The van der Waals surface area contributed by atoms with E-state index in [1.165, 1.54) is 18.5 Å². The molecule has 6 heterocycles. The zero-order valence-corrected chi connectivity index (χ0v) is 29.1. The van der Waals surface area contributed by atoms with Gasteiger partial charge in [-0.3, -0.25) is 4.79 Å². The minimum atomic E-state index is -0.606. The fourth-order valence-corrected chi connectivity index (χ4v) is 7.50. The standard InChI is InChI=1S/C38H38FN9O4/c1-4-50-26-18-45(3)38(49)32-16-25(52-34-10-6-8-29(44-34)27-7-5-9-30-35(27)46(20-26)22(2)43-30)19-47(32)36-28-17-42-48(37(28)41-21-40-36)31-14-11-23(39)15-33(31)51-24-12-13-24/h5-11,14-15,17,21,24-26,32H,4,12-13,16,18-20H2,1-3H3/t25-,26-,32-/m0/s1. The Kier molecular flexibility index (Phi) is 7.98. The molecule has 0 spiro atoms. The van der Waals surface area contributed by atoms with Crippen molar-refractivity contribution in [3.05, 3.63) is 78.8 Å². The highest BCUT2D eigenvalue weighted by Gasteiger charge is 2.42. The molecule has 0 N–H and O–H groups in total. The van der Waals surface area contributed by atoms with Gasteiger partial charge in [0.25, 0.3) is 0 Å². The lowest BCUT2D eigenvalue weighted by atomic mass is 10.1. The topological polar surface area (TPSA) is 126 Å². The van der Waals surface area contributed by atoms with E-state index in [0.717, 1.165) is 41.0 Å². The fourth-order valence-electron chi connectivity index (χ4n) is 7.50. The number of benzene rings is 2. The highest BCUT2D eigenvalue weighted by atomic mass is 19.1. The second-order valence-corrected chi connectivity index (χ2v) is 13.7. The van der Waals surface area contributed by atoms with Crippen LogP contribution in [0.1, 0.15) is 32.0 Å². The molecule has 0 radical (unpaired) electrons. The van der Waals surface area contributed by atoms with Gasteiger partial charge in [-0.2, -0.15) is 5.10 Å². The SMILES string of the molecule is CCO[C@H]1CN(C)C(=O)[C@@H]2C[C@@H](CN2c2ncnc3c2cnn3-c2ccc(F)cc2OC2CC2)Oc2cccc(n2)-c2cccc3nc(C)n(c23)C1. The second-order valence-electron chi connectivity index (χ2n) is 13.7. The Hall–Kier alpha value is -5.63. The Bertz CT molecular complexity index is 2320. The van der Waals surface area contributed by atoms with Gasteiger partial charge >= 0.3 is 0 Å². The molecule has 52 heavy (non-hydrogen) atoms. The predicted octanol–water partition coefficient (Wildman–Crippen LogP) is 5.12. The van der Waals surface area contributed by atoms with Gasteiger partial charge in [-0.25, -0.2) is 29.0 Å². The van der Waals surface area contributed by atoms with E-state index in [4.69, 9.17) is 29.2 Å². The summed E-state index contributed by atoms with van der Waals surface area (Å²) < 4.78 is 37.0. The third-order valence-electron chi connectivity index (χ3n) is 10.0.